The number of amides is 2. The van der Waals surface area contributed by atoms with Gasteiger partial charge in [-0.05, 0) is 35.4 Å². The van der Waals surface area contributed by atoms with Gasteiger partial charge in [0, 0.05) is 38.3 Å². The molecule has 3 aromatic carbocycles. The van der Waals surface area contributed by atoms with Crippen molar-refractivity contribution in [1.29, 1.82) is 5.26 Å². The zero-order chi connectivity index (χ0) is 23.8. The molecule has 1 fully saturated rings. The van der Waals surface area contributed by atoms with Crippen molar-refractivity contribution in [1.82, 2.24) is 15.1 Å². The molecule has 2 amide bonds. The van der Waals surface area contributed by atoms with Crippen LogP contribution in [-0.2, 0) is 11.3 Å². The van der Waals surface area contributed by atoms with E-state index in [1.807, 2.05) is 77.7 Å². The lowest BCUT2D eigenvalue weighted by atomic mass is 10.0. The summed E-state index contributed by atoms with van der Waals surface area (Å²) in [5.74, 6) is -0.144. The topological polar surface area (TPSA) is 76.4 Å². The molecule has 1 heterocycles. The molecule has 1 saturated heterocycles. The van der Waals surface area contributed by atoms with Gasteiger partial charge in [-0.1, -0.05) is 60.7 Å². The number of benzene rings is 3. The van der Waals surface area contributed by atoms with Crippen molar-refractivity contribution in [2.24, 2.45) is 0 Å². The molecule has 1 atom stereocenters. The predicted molar refractivity (Wildman–Crippen MR) is 131 cm³/mol. The summed E-state index contributed by atoms with van der Waals surface area (Å²) in [7, 11) is 0. The summed E-state index contributed by atoms with van der Waals surface area (Å²) in [5, 5.41) is 12.0. The molecule has 1 N–H and O–H groups in total. The fourth-order valence-corrected chi connectivity index (χ4v) is 4.17. The van der Waals surface area contributed by atoms with Crippen molar-refractivity contribution in [2.45, 2.75) is 19.0 Å². The van der Waals surface area contributed by atoms with Gasteiger partial charge in [0.1, 0.15) is 0 Å². The first kappa shape index (κ1) is 23.2. The van der Waals surface area contributed by atoms with Crippen molar-refractivity contribution in [3.63, 3.8) is 0 Å². The van der Waals surface area contributed by atoms with Crippen LogP contribution in [0.5, 0.6) is 0 Å². The summed E-state index contributed by atoms with van der Waals surface area (Å²) < 4.78 is 0. The van der Waals surface area contributed by atoms with Gasteiger partial charge in [-0.25, -0.2) is 0 Å². The van der Waals surface area contributed by atoms with E-state index in [0.717, 1.165) is 30.8 Å². The van der Waals surface area contributed by atoms with E-state index in [2.05, 4.69) is 16.3 Å². The lowest BCUT2D eigenvalue weighted by Gasteiger charge is -2.35. The van der Waals surface area contributed by atoms with Crippen LogP contribution in [0.25, 0.3) is 0 Å². The molecule has 1 aliphatic rings. The third-order valence-corrected chi connectivity index (χ3v) is 6.14. The Morgan fingerprint density at radius 2 is 1.47 bits per heavy atom. The van der Waals surface area contributed by atoms with Crippen molar-refractivity contribution in [3.05, 3.63) is 107 Å². The molecular weight excluding hydrogens is 424 g/mol. The number of hydrogen-bond donors (Lipinski definition) is 1. The summed E-state index contributed by atoms with van der Waals surface area (Å²) in [6.45, 7) is 3.69. The maximum atomic E-state index is 13.2. The SMILES string of the molecule is N#Cc1ccc(CN2CCN(C(=O)C[C@H](NC(=O)c3ccccc3)c3ccccc3)CC2)cc1. The number of piperazine rings is 1. The maximum Gasteiger partial charge on any atom is 0.251 e. The number of nitrogens with zero attached hydrogens (tertiary/aromatic N) is 3. The van der Waals surface area contributed by atoms with Gasteiger partial charge in [0.25, 0.3) is 5.91 Å². The second-order valence-electron chi connectivity index (χ2n) is 8.47. The summed E-state index contributed by atoms with van der Waals surface area (Å²) in [5.41, 5.74) is 3.31. The number of nitrogens with one attached hydrogen (secondary N) is 1. The number of carbonyl (C=O) groups is 2. The van der Waals surface area contributed by atoms with Gasteiger partial charge in [-0.3, -0.25) is 14.5 Å². The standard InChI is InChI=1S/C28H28N4O2/c29-20-22-11-13-23(14-12-22)21-31-15-17-32(18-16-31)27(33)19-26(24-7-3-1-4-8-24)30-28(34)25-9-5-2-6-10-25/h1-14,26H,15-19,21H2,(H,30,34)/t26-/m0/s1. The van der Waals surface area contributed by atoms with E-state index in [9.17, 15) is 9.59 Å². The predicted octanol–water partition coefficient (Wildman–Crippen LogP) is 3.76. The van der Waals surface area contributed by atoms with Crippen LogP contribution in [0, 0.1) is 11.3 Å². The van der Waals surface area contributed by atoms with E-state index in [4.69, 9.17) is 5.26 Å². The zero-order valence-electron chi connectivity index (χ0n) is 19.1. The minimum atomic E-state index is -0.391. The maximum absolute atomic E-state index is 13.2. The second-order valence-corrected chi connectivity index (χ2v) is 8.47. The van der Waals surface area contributed by atoms with E-state index in [0.29, 0.717) is 24.2 Å². The highest BCUT2D eigenvalue weighted by molar-refractivity contribution is 5.94. The highest BCUT2D eigenvalue weighted by atomic mass is 16.2. The minimum absolute atomic E-state index is 0.0419. The van der Waals surface area contributed by atoms with Crippen molar-refractivity contribution in [3.8, 4) is 6.07 Å². The van der Waals surface area contributed by atoms with Gasteiger partial charge >= 0.3 is 0 Å². The number of rotatable bonds is 7. The monoisotopic (exact) mass is 452 g/mol. The molecule has 3 aromatic rings. The number of carbonyl (C=O) groups excluding carboxylic acids is 2. The lowest BCUT2D eigenvalue weighted by molar-refractivity contribution is -0.133. The Hall–Kier alpha value is -3.95. The average molecular weight is 453 g/mol. The minimum Gasteiger partial charge on any atom is -0.345 e. The van der Waals surface area contributed by atoms with Crippen molar-refractivity contribution >= 4 is 11.8 Å². The van der Waals surface area contributed by atoms with E-state index in [-0.39, 0.29) is 18.2 Å². The molecule has 1 aliphatic heterocycles. The molecule has 0 saturated carbocycles. The number of nitriles is 1. The largest absolute Gasteiger partial charge is 0.345 e. The smallest absolute Gasteiger partial charge is 0.251 e. The molecule has 34 heavy (non-hydrogen) atoms. The summed E-state index contributed by atoms with van der Waals surface area (Å²) in [6.07, 6.45) is 0.220. The molecule has 0 unspecified atom stereocenters. The zero-order valence-corrected chi connectivity index (χ0v) is 19.1. The van der Waals surface area contributed by atoms with Gasteiger partial charge in [0.05, 0.1) is 24.1 Å². The molecule has 0 bridgehead atoms. The molecule has 4 rings (SSSR count). The third-order valence-electron chi connectivity index (χ3n) is 6.14. The van der Waals surface area contributed by atoms with Gasteiger partial charge in [0.15, 0.2) is 0 Å². The van der Waals surface area contributed by atoms with E-state index < -0.39 is 6.04 Å². The first-order valence-corrected chi connectivity index (χ1v) is 11.5. The van der Waals surface area contributed by atoms with E-state index in [1.165, 1.54) is 0 Å². The van der Waals surface area contributed by atoms with Crippen LogP contribution in [0.1, 0.15) is 39.5 Å². The first-order valence-electron chi connectivity index (χ1n) is 11.5. The lowest BCUT2D eigenvalue weighted by Crippen LogP contribution is -2.49. The molecule has 0 aliphatic carbocycles. The molecule has 6 heteroatoms. The van der Waals surface area contributed by atoms with Gasteiger partial charge in [-0.2, -0.15) is 5.26 Å². The molecule has 6 nitrogen and oxygen atoms in total. The van der Waals surface area contributed by atoms with Gasteiger partial charge in [0.2, 0.25) is 5.91 Å². The van der Waals surface area contributed by atoms with Crippen molar-refractivity contribution < 1.29 is 9.59 Å². The van der Waals surface area contributed by atoms with Crippen LogP contribution in [0.3, 0.4) is 0 Å². The highest BCUT2D eigenvalue weighted by Crippen LogP contribution is 2.20. The van der Waals surface area contributed by atoms with Gasteiger partial charge in [-0.15, -0.1) is 0 Å². The summed E-state index contributed by atoms with van der Waals surface area (Å²) in [6, 6.07) is 28.1. The molecule has 0 spiro atoms. The van der Waals surface area contributed by atoms with Gasteiger partial charge < -0.3 is 10.2 Å². The van der Waals surface area contributed by atoms with Crippen LogP contribution in [0.2, 0.25) is 0 Å². The van der Waals surface area contributed by atoms with Crippen LogP contribution < -0.4 is 5.32 Å². The van der Waals surface area contributed by atoms with Crippen LogP contribution in [0.15, 0.2) is 84.9 Å². The Bertz CT molecular complexity index is 1130. The molecule has 172 valence electrons. The second kappa shape index (κ2) is 11.3. The van der Waals surface area contributed by atoms with Crippen LogP contribution >= 0.6 is 0 Å². The van der Waals surface area contributed by atoms with Crippen molar-refractivity contribution in [2.75, 3.05) is 26.2 Å². The Morgan fingerprint density at radius 3 is 2.09 bits per heavy atom. The summed E-state index contributed by atoms with van der Waals surface area (Å²) >= 11 is 0. The van der Waals surface area contributed by atoms with Crippen LogP contribution in [-0.4, -0.2) is 47.8 Å². The first-order chi connectivity index (χ1) is 16.6. The number of hydrogen-bond acceptors (Lipinski definition) is 4. The Balaban J connectivity index is 1.35. The molecule has 0 radical (unpaired) electrons. The van der Waals surface area contributed by atoms with E-state index >= 15 is 0 Å². The van der Waals surface area contributed by atoms with Crippen LogP contribution in [0.4, 0.5) is 0 Å². The summed E-state index contributed by atoms with van der Waals surface area (Å²) in [4.78, 5) is 30.1. The third kappa shape index (κ3) is 6.09. The molecular formula is C28H28N4O2. The Labute approximate surface area is 200 Å². The highest BCUT2D eigenvalue weighted by Gasteiger charge is 2.25. The Kier molecular flexibility index (Phi) is 7.69. The normalized spacial score (nSPS) is 14.7. The Morgan fingerprint density at radius 1 is 0.853 bits per heavy atom. The average Bonchev–Trinajstić information content (AvgIpc) is 2.90. The van der Waals surface area contributed by atoms with E-state index in [1.54, 1.807) is 12.1 Å². The fourth-order valence-electron chi connectivity index (χ4n) is 4.17. The molecule has 0 aromatic heterocycles. The quantitative estimate of drug-likeness (QED) is 0.592. The fraction of sp³-hybridized carbons (Fsp3) is 0.250.